The van der Waals surface area contributed by atoms with E-state index in [0.717, 1.165) is 39.1 Å². The van der Waals surface area contributed by atoms with Crippen molar-refractivity contribution in [1.29, 1.82) is 0 Å². The minimum atomic E-state index is -0.0570. The zero-order valence-electron chi connectivity index (χ0n) is 15.9. The number of amides is 2. The number of halogens is 1. The van der Waals surface area contributed by atoms with Gasteiger partial charge in [-0.3, -0.25) is 14.5 Å². The molecule has 1 aromatic rings. The van der Waals surface area contributed by atoms with Crippen LogP contribution in [0.25, 0.3) is 0 Å². The second kappa shape index (κ2) is 8.91. The average molecular weight is 384 g/mol. The summed E-state index contributed by atoms with van der Waals surface area (Å²) in [5.41, 5.74) is 0.614. The molecule has 26 heavy (non-hydrogen) atoms. The molecule has 146 valence electrons. The summed E-state index contributed by atoms with van der Waals surface area (Å²) in [6.45, 7) is 10.6. The van der Waals surface area contributed by atoms with Crippen molar-refractivity contribution in [2.45, 2.75) is 39.7 Å². The first-order valence-electron chi connectivity index (χ1n) is 9.30. The summed E-state index contributed by atoms with van der Waals surface area (Å²) in [5.74, 6) is 1.79. The van der Waals surface area contributed by atoms with Crippen molar-refractivity contribution in [3.8, 4) is 0 Å². The Morgan fingerprint density at radius 2 is 2.12 bits per heavy atom. The number of nitrogens with zero attached hydrogens (tertiary/aromatic N) is 2. The summed E-state index contributed by atoms with van der Waals surface area (Å²) >= 11 is 0. The Labute approximate surface area is 161 Å². The van der Waals surface area contributed by atoms with Gasteiger partial charge in [-0.05, 0) is 31.2 Å². The van der Waals surface area contributed by atoms with Gasteiger partial charge in [-0.15, -0.1) is 12.4 Å². The summed E-state index contributed by atoms with van der Waals surface area (Å²) in [5, 5.41) is 3.20. The highest BCUT2D eigenvalue weighted by atomic mass is 35.5. The molecule has 7 heteroatoms. The lowest BCUT2D eigenvalue weighted by atomic mass is 9.91. The van der Waals surface area contributed by atoms with Crippen molar-refractivity contribution < 1.29 is 14.0 Å². The van der Waals surface area contributed by atoms with Gasteiger partial charge in [0.1, 0.15) is 5.76 Å². The second-order valence-electron chi connectivity index (χ2n) is 7.62. The fourth-order valence-electron chi connectivity index (χ4n) is 3.99. The predicted octanol–water partition coefficient (Wildman–Crippen LogP) is 2.32. The van der Waals surface area contributed by atoms with E-state index in [2.05, 4.69) is 24.1 Å². The van der Waals surface area contributed by atoms with E-state index in [1.54, 1.807) is 12.3 Å². The van der Waals surface area contributed by atoms with Gasteiger partial charge in [0.2, 0.25) is 5.91 Å². The van der Waals surface area contributed by atoms with E-state index in [0.29, 0.717) is 29.6 Å². The highest BCUT2D eigenvalue weighted by Crippen LogP contribution is 2.25. The van der Waals surface area contributed by atoms with Crippen LogP contribution in [-0.4, -0.2) is 60.4 Å². The smallest absolute Gasteiger partial charge is 0.255 e. The van der Waals surface area contributed by atoms with E-state index in [9.17, 15) is 9.59 Å². The number of nitrogens with one attached hydrogen (secondary N) is 1. The van der Waals surface area contributed by atoms with Crippen LogP contribution < -0.4 is 5.32 Å². The molecule has 2 aliphatic heterocycles. The zero-order valence-corrected chi connectivity index (χ0v) is 16.7. The lowest BCUT2D eigenvalue weighted by Gasteiger charge is -2.22. The van der Waals surface area contributed by atoms with E-state index in [1.807, 2.05) is 11.8 Å². The van der Waals surface area contributed by atoms with E-state index in [-0.39, 0.29) is 30.3 Å². The number of hydrogen-bond donors (Lipinski definition) is 1. The third kappa shape index (κ3) is 4.60. The van der Waals surface area contributed by atoms with Gasteiger partial charge in [0.25, 0.3) is 5.91 Å². The van der Waals surface area contributed by atoms with Crippen molar-refractivity contribution in [1.82, 2.24) is 15.1 Å². The van der Waals surface area contributed by atoms with Gasteiger partial charge in [0, 0.05) is 45.2 Å². The number of carbonyl (C=O) groups excluding carboxylic acids is 2. The molecule has 2 fully saturated rings. The van der Waals surface area contributed by atoms with Gasteiger partial charge >= 0.3 is 0 Å². The molecule has 0 aliphatic carbocycles. The second-order valence-corrected chi connectivity index (χ2v) is 7.62. The van der Waals surface area contributed by atoms with Crippen LogP contribution in [0.3, 0.4) is 0 Å². The average Bonchev–Trinajstić information content (AvgIpc) is 3.25. The van der Waals surface area contributed by atoms with E-state index < -0.39 is 0 Å². The number of aryl methyl sites for hydroxylation is 1. The Kier molecular flexibility index (Phi) is 7.12. The van der Waals surface area contributed by atoms with Crippen LogP contribution in [0.4, 0.5) is 0 Å². The fourth-order valence-corrected chi connectivity index (χ4v) is 3.99. The molecular formula is C19H30ClN3O3. The molecule has 3 heterocycles. The van der Waals surface area contributed by atoms with Gasteiger partial charge in [-0.1, -0.05) is 13.8 Å². The molecule has 0 saturated carbocycles. The Bertz CT molecular complexity index is 631. The minimum absolute atomic E-state index is 0. The van der Waals surface area contributed by atoms with Crippen molar-refractivity contribution in [2.75, 3.05) is 32.7 Å². The van der Waals surface area contributed by atoms with Gasteiger partial charge in [-0.2, -0.15) is 0 Å². The van der Waals surface area contributed by atoms with Gasteiger partial charge in [-0.25, -0.2) is 0 Å². The van der Waals surface area contributed by atoms with Crippen LogP contribution in [-0.2, 0) is 4.79 Å². The van der Waals surface area contributed by atoms with E-state index in [4.69, 9.17) is 4.42 Å². The molecule has 0 unspecified atom stereocenters. The third-order valence-corrected chi connectivity index (χ3v) is 5.57. The van der Waals surface area contributed by atoms with Crippen LogP contribution in [0, 0.1) is 18.8 Å². The number of likely N-dealkylation sites (tertiary alicyclic amines) is 2. The Morgan fingerprint density at radius 3 is 2.69 bits per heavy atom. The molecule has 1 N–H and O–H groups in total. The fraction of sp³-hybridized carbons (Fsp3) is 0.684. The number of rotatable bonds is 6. The molecule has 0 aromatic carbocycles. The molecule has 3 rings (SSSR count). The summed E-state index contributed by atoms with van der Waals surface area (Å²) in [4.78, 5) is 28.6. The molecule has 2 amide bonds. The summed E-state index contributed by atoms with van der Waals surface area (Å²) in [6.07, 6.45) is 3.23. The molecule has 2 atom stereocenters. The summed E-state index contributed by atoms with van der Waals surface area (Å²) < 4.78 is 5.24. The molecule has 0 spiro atoms. The molecule has 0 radical (unpaired) electrons. The zero-order chi connectivity index (χ0) is 18.0. The maximum Gasteiger partial charge on any atom is 0.255 e. The lowest BCUT2D eigenvalue weighted by Crippen LogP contribution is -2.42. The van der Waals surface area contributed by atoms with E-state index in [1.165, 1.54) is 0 Å². The quantitative estimate of drug-likeness (QED) is 0.818. The molecular weight excluding hydrogens is 354 g/mol. The lowest BCUT2D eigenvalue weighted by molar-refractivity contribution is -0.127. The van der Waals surface area contributed by atoms with Gasteiger partial charge in [0.05, 0.1) is 11.8 Å². The first kappa shape index (κ1) is 20.8. The Morgan fingerprint density at radius 1 is 1.35 bits per heavy atom. The normalized spacial score (nSPS) is 23.5. The molecule has 1 aromatic heterocycles. The third-order valence-electron chi connectivity index (χ3n) is 5.57. The van der Waals surface area contributed by atoms with Crippen LogP contribution in [0.5, 0.6) is 0 Å². The van der Waals surface area contributed by atoms with Crippen molar-refractivity contribution in [3.05, 3.63) is 23.7 Å². The summed E-state index contributed by atoms with van der Waals surface area (Å²) in [7, 11) is 0. The SMILES string of the molecule is Cc1occc1C(=O)N[C@H]1CN(CCN2CCCC2=O)C[C@@H]1C(C)C.Cl. The highest BCUT2D eigenvalue weighted by Gasteiger charge is 2.36. The van der Waals surface area contributed by atoms with Crippen molar-refractivity contribution in [3.63, 3.8) is 0 Å². The van der Waals surface area contributed by atoms with Crippen LogP contribution in [0.15, 0.2) is 16.7 Å². The van der Waals surface area contributed by atoms with Crippen molar-refractivity contribution in [2.24, 2.45) is 11.8 Å². The molecule has 0 bridgehead atoms. The molecule has 2 aliphatic rings. The monoisotopic (exact) mass is 383 g/mol. The number of carbonyl (C=O) groups is 2. The Balaban J connectivity index is 0.00000243. The van der Waals surface area contributed by atoms with Crippen LogP contribution in [0.2, 0.25) is 0 Å². The number of furan rings is 1. The Hall–Kier alpha value is -1.53. The standard InChI is InChI=1S/C19H29N3O3.ClH/c1-13(2)16-11-21(8-9-22-7-4-5-18(22)23)12-17(16)20-19(24)15-6-10-25-14(15)3;/h6,10,13,16-17H,4-5,7-9,11-12H2,1-3H3,(H,20,24);1H/t16-,17+;/m1./s1. The van der Waals surface area contributed by atoms with Crippen LogP contribution >= 0.6 is 12.4 Å². The van der Waals surface area contributed by atoms with E-state index >= 15 is 0 Å². The molecule has 2 saturated heterocycles. The summed E-state index contributed by atoms with van der Waals surface area (Å²) in [6, 6.07) is 1.86. The van der Waals surface area contributed by atoms with Crippen molar-refractivity contribution >= 4 is 24.2 Å². The maximum atomic E-state index is 12.5. The minimum Gasteiger partial charge on any atom is -0.469 e. The first-order chi connectivity index (χ1) is 12.0. The predicted molar refractivity (Wildman–Crippen MR) is 103 cm³/mol. The largest absolute Gasteiger partial charge is 0.469 e. The topological polar surface area (TPSA) is 65.8 Å². The maximum absolute atomic E-state index is 12.5. The molecule has 6 nitrogen and oxygen atoms in total. The first-order valence-corrected chi connectivity index (χ1v) is 9.30. The van der Waals surface area contributed by atoms with Crippen LogP contribution in [0.1, 0.15) is 42.8 Å². The van der Waals surface area contributed by atoms with Gasteiger partial charge in [0.15, 0.2) is 0 Å². The van der Waals surface area contributed by atoms with Gasteiger partial charge < -0.3 is 14.6 Å². The highest BCUT2D eigenvalue weighted by molar-refractivity contribution is 5.95. The number of hydrogen-bond acceptors (Lipinski definition) is 4.